The molecule has 0 aliphatic carbocycles. The highest BCUT2D eigenvalue weighted by molar-refractivity contribution is 5.82. The largest absolute Gasteiger partial charge is 0.543 e. The van der Waals surface area contributed by atoms with E-state index in [1.165, 1.54) is 0 Å². The van der Waals surface area contributed by atoms with Gasteiger partial charge in [-0.2, -0.15) is 5.10 Å². The van der Waals surface area contributed by atoms with Gasteiger partial charge in [0, 0.05) is 0 Å². The highest BCUT2D eigenvalue weighted by Crippen LogP contribution is 1.99. The summed E-state index contributed by atoms with van der Waals surface area (Å²) in [6.07, 6.45) is 0. The van der Waals surface area contributed by atoms with E-state index in [-0.39, 0.29) is 6.54 Å². The fraction of sp³-hybridized carbons (Fsp3) is 0.100. The Labute approximate surface area is 90.1 Å². The third-order valence-corrected chi connectivity index (χ3v) is 2.11. The lowest BCUT2D eigenvalue weighted by atomic mass is 10.2. The summed E-state index contributed by atoms with van der Waals surface area (Å²) >= 11 is 0. The summed E-state index contributed by atoms with van der Waals surface area (Å²) in [5.74, 6) is -1.58. The van der Waals surface area contributed by atoms with Crippen molar-refractivity contribution in [3.8, 4) is 0 Å². The maximum absolute atomic E-state index is 11.5. The van der Waals surface area contributed by atoms with Crippen molar-refractivity contribution in [3.05, 3.63) is 51.9 Å². The van der Waals surface area contributed by atoms with Crippen LogP contribution in [0.2, 0.25) is 0 Å². The van der Waals surface area contributed by atoms with Crippen molar-refractivity contribution in [2.24, 2.45) is 0 Å². The molecule has 16 heavy (non-hydrogen) atoms. The number of hydrogen-bond acceptors (Lipinski definition) is 4. The zero-order valence-electron chi connectivity index (χ0n) is 8.21. The molecule has 82 valence electrons. The third-order valence-electron chi connectivity index (χ3n) is 2.11. The summed E-state index contributed by atoms with van der Waals surface area (Å²) in [5, 5.41) is 16.2. The number of rotatable bonds is 3. The maximum Gasteiger partial charge on any atom is 0.296 e. The van der Waals surface area contributed by atoms with Crippen molar-refractivity contribution in [2.75, 3.05) is 0 Å². The average Bonchev–Trinajstić information content (AvgIpc) is 2.62. The summed E-state index contributed by atoms with van der Waals surface area (Å²) < 4.78 is 1.11. The van der Waals surface area contributed by atoms with Gasteiger partial charge in [0.1, 0.15) is 0 Å². The quantitative estimate of drug-likeness (QED) is 0.714. The maximum atomic E-state index is 11.5. The molecule has 0 amide bonds. The molecule has 0 saturated carbocycles. The lowest BCUT2D eigenvalue weighted by Crippen LogP contribution is -2.30. The standard InChI is InChI=1S/C10H9N3O3/c14-9-8(10(15)16)11-12-13(9)6-7-4-2-1-3-5-7/h1-5,12H,6H2,(H,15,16)/p-1. The normalized spacial score (nSPS) is 10.2. The monoisotopic (exact) mass is 218 g/mol. The van der Waals surface area contributed by atoms with Crippen LogP contribution in [-0.2, 0) is 6.54 Å². The molecule has 0 radical (unpaired) electrons. The molecule has 2 aromatic rings. The third kappa shape index (κ3) is 1.85. The fourth-order valence-corrected chi connectivity index (χ4v) is 1.34. The lowest BCUT2D eigenvalue weighted by molar-refractivity contribution is -0.255. The van der Waals surface area contributed by atoms with Gasteiger partial charge in [-0.25, -0.2) is 9.90 Å². The summed E-state index contributed by atoms with van der Waals surface area (Å²) in [7, 11) is 0. The molecule has 1 aromatic heterocycles. The molecule has 0 aliphatic heterocycles. The number of benzene rings is 1. The molecule has 0 fully saturated rings. The van der Waals surface area contributed by atoms with Crippen LogP contribution in [0.25, 0.3) is 0 Å². The number of nitrogens with zero attached hydrogens (tertiary/aromatic N) is 2. The first-order chi connectivity index (χ1) is 7.68. The Morgan fingerprint density at radius 3 is 2.62 bits per heavy atom. The van der Waals surface area contributed by atoms with Crippen LogP contribution in [0.5, 0.6) is 0 Å². The predicted octanol–water partition coefficient (Wildman–Crippen LogP) is -1.02. The number of hydrogen-bond donors (Lipinski definition) is 1. The smallest absolute Gasteiger partial charge is 0.296 e. The Kier molecular flexibility index (Phi) is 2.55. The van der Waals surface area contributed by atoms with Gasteiger partial charge in [0.25, 0.3) is 5.56 Å². The van der Waals surface area contributed by atoms with Gasteiger partial charge in [-0.3, -0.25) is 4.79 Å². The zero-order valence-corrected chi connectivity index (χ0v) is 8.21. The molecule has 1 heterocycles. The minimum Gasteiger partial charge on any atom is -0.543 e. The van der Waals surface area contributed by atoms with Gasteiger partial charge in [-0.1, -0.05) is 30.3 Å². The van der Waals surface area contributed by atoms with Gasteiger partial charge >= 0.3 is 0 Å². The number of aromatic carboxylic acids is 1. The van der Waals surface area contributed by atoms with Gasteiger partial charge in [-0.05, 0) is 5.56 Å². The Morgan fingerprint density at radius 2 is 2.06 bits per heavy atom. The number of aromatic amines is 1. The first-order valence-corrected chi connectivity index (χ1v) is 4.59. The lowest BCUT2D eigenvalue weighted by Gasteiger charge is -1.99. The molecule has 0 atom stereocenters. The SMILES string of the molecule is O=C([O-])c1n[nH]n(Cc2ccccc2)c1=O. The second-order valence-corrected chi connectivity index (χ2v) is 3.22. The average molecular weight is 218 g/mol. The Balaban J connectivity index is 2.30. The Bertz CT molecular complexity index is 556. The van der Waals surface area contributed by atoms with E-state index in [1.54, 1.807) is 0 Å². The molecule has 0 spiro atoms. The molecule has 1 aromatic carbocycles. The molecule has 0 bridgehead atoms. The van der Waals surface area contributed by atoms with E-state index in [1.807, 2.05) is 30.3 Å². The van der Waals surface area contributed by atoms with Gasteiger partial charge in [-0.15, -0.1) is 0 Å². The van der Waals surface area contributed by atoms with Crippen LogP contribution >= 0.6 is 0 Å². The molecule has 0 unspecified atom stereocenters. The van der Waals surface area contributed by atoms with E-state index in [9.17, 15) is 14.7 Å². The van der Waals surface area contributed by atoms with E-state index < -0.39 is 17.2 Å². The van der Waals surface area contributed by atoms with Crippen molar-refractivity contribution in [1.82, 2.24) is 15.0 Å². The number of carbonyl (C=O) groups is 1. The number of carbonyl (C=O) groups excluding carboxylic acids is 1. The summed E-state index contributed by atoms with van der Waals surface area (Å²) in [6.45, 7) is 0.250. The number of aromatic nitrogens is 3. The van der Waals surface area contributed by atoms with Crippen LogP contribution in [0.4, 0.5) is 0 Å². The van der Waals surface area contributed by atoms with Gasteiger partial charge in [0.15, 0.2) is 5.69 Å². The van der Waals surface area contributed by atoms with Crippen molar-refractivity contribution in [3.63, 3.8) is 0 Å². The Hall–Kier alpha value is -2.37. The van der Waals surface area contributed by atoms with Crippen molar-refractivity contribution in [1.29, 1.82) is 0 Å². The van der Waals surface area contributed by atoms with E-state index in [2.05, 4.69) is 10.3 Å². The van der Waals surface area contributed by atoms with Crippen molar-refractivity contribution >= 4 is 5.97 Å². The highest BCUT2D eigenvalue weighted by Gasteiger charge is 2.08. The minimum atomic E-state index is -1.58. The van der Waals surface area contributed by atoms with Crippen molar-refractivity contribution < 1.29 is 9.90 Å². The van der Waals surface area contributed by atoms with Crippen LogP contribution in [0.15, 0.2) is 35.1 Å². The molecule has 0 saturated heterocycles. The van der Waals surface area contributed by atoms with Crippen LogP contribution in [0, 0.1) is 0 Å². The first kappa shape index (κ1) is 10.2. The van der Waals surface area contributed by atoms with Crippen molar-refractivity contribution in [2.45, 2.75) is 6.54 Å². The fourth-order valence-electron chi connectivity index (χ4n) is 1.34. The predicted molar refractivity (Wildman–Crippen MR) is 52.7 cm³/mol. The zero-order chi connectivity index (χ0) is 11.5. The van der Waals surface area contributed by atoms with E-state index in [0.29, 0.717) is 0 Å². The van der Waals surface area contributed by atoms with Gasteiger partial charge < -0.3 is 9.90 Å². The molecular weight excluding hydrogens is 210 g/mol. The second kappa shape index (κ2) is 4.01. The van der Waals surface area contributed by atoms with Crippen LogP contribution in [-0.4, -0.2) is 21.0 Å². The number of carboxylic acid groups (broad SMARTS) is 1. The van der Waals surface area contributed by atoms with E-state index in [4.69, 9.17) is 0 Å². The Morgan fingerprint density at radius 1 is 1.38 bits per heavy atom. The molecule has 6 heteroatoms. The van der Waals surface area contributed by atoms with Crippen LogP contribution < -0.4 is 10.7 Å². The van der Waals surface area contributed by atoms with E-state index >= 15 is 0 Å². The topological polar surface area (TPSA) is 90.8 Å². The highest BCUT2D eigenvalue weighted by atomic mass is 16.4. The summed E-state index contributed by atoms with van der Waals surface area (Å²) in [4.78, 5) is 21.9. The number of carboxylic acids is 1. The molecule has 2 rings (SSSR count). The molecule has 1 N–H and O–H groups in total. The summed E-state index contributed by atoms with van der Waals surface area (Å²) in [5.41, 5.74) is -0.419. The van der Waals surface area contributed by atoms with Crippen LogP contribution in [0.3, 0.4) is 0 Å². The van der Waals surface area contributed by atoms with Crippen LogP contribution in [0.1, 0.15) is 16.1 Å². The van der Waals surface area contributed by atoms with Gasteiger partial charge in [0.05, 0.1) is 12.5 Å². The number of nitrogens with one attached hydrogen (secondary N) is 1. The number of H-pyrrole nitrogens is 1. The van der Waals surface area contributed by atoms with Gasteiger partial charge in [0.2, 0.25) is 0 Å². The summed E-state index contributed by atoms with van der Waals surface area (Å²) in [6, 6.07) is 9.16. The minimum absolute atomic E-state index is 0.250. The second-order valence-electron chi connectivity index (χ2n) is 3.22. The first-order valence-electron chi connectivity index (χ1n) is 4.59. The van der Waals surface area contributed by atoms with E-state index in [0.717, 1.165) is 10.2 Å². The molecule has 0 aliphatic rings. The molecule has 6 nitrogen and oxygen atoms in total. The molecular formula is C10H8N3O3-.